The molecule has 28 heavy (non-hydrogen) atoms. The van der Waals surface area contributed by atoms with Crippen molar-refractivity contribution in [3.05, 3.63) is 64.2 Å². The molecule has 4 aromatic rings. The Morgan fingerprint density at radius 1 is 1.29 bits per heavy atom. The molecule has 0 atom stereocenters. The molecule has 0 spiro atoms. The summed E-state index contributed by atoms with van der Waals surface area (Å²) in [5.41, 5.74) is 1.35. The van der Waals surface area contributed by atoms with E-state index in [9.17, 15) is 9.59 Å². The molecule has 0 fully saturated rings. The van der Waals surface area contributed by atoms with Gasteiger partial charge in [-0.05, 0) is 0 Å². The highest BCUT2D eigenvalue weighted by atomic mass is 32.1. The normalized spacial score (nSPS) is 11.0. The van der Waals surface area contributed by atoms with Gasteiger partial charge in [0.25, 0.3) is 0 Å². The molecule has 0 aliphatic carbocycles. The van der Waals surface area contributed by atoms with Crippen molar-refractivity contribution in [1.82, 2.24) is 24.1 Å². The zero-order valence-electron chi connectivity index (χ0n) is 14.9. The largest absolute Gasteiger partial charge is 0.378 e. The predicted molar refractivity (Wildman–Crippen MR) is 104 cm³/mol. The summed E-state index contributed by atoms with van der Waals surface area (Å²) in [5, 5.41) is 9.17. The maximum absolute atomic E-state index is 12.9. The van der Waals surface area contributed by atoms with Gasteiger partial charge < -0.3 is 10.1 Å². The first-order chi connectivity index (χ1) is 13.7. The number of rotatable bonds is 6. The highest BCUT2D eigenvalue weighted by Gasteiger charge is 2.17. The number of methoxy groups -OCH3 is 1. The number of hydrogen-bond donors (Lipinski definition) is 1. The molecule has 1 N–H and O–H groups in total. The van der Waals surface area contributed by atoms with Crippen LogP contribution in [0.1, 0.15) is 5.69 Å². The first kappa shape index (κ1) is 18.0. The van der Waals surface area contributed by atoms with Crippen molar-refractivity contribution >= 4 is 28.0 Å². The molecule has 0 aliphatic heterocycles. The van der Waals surface area contributed by atoms with E-state index in [0.717, 1.165) is 10.2 Å². The number of aromatic nitrogens is 5. The number of nitrogens with one attached hydrogen (secondary N) is 1. The number of carbonyl (C=O) groups is 1. The van der Waals surface area contributed by atoms with E-state index in [1.54, 1.807) is 24.8 Å². The molecule has 3 aromatic heterocycles. The summed E-state index contributed by atoms with van der Waals surface area (Å²) < 4.78 is 7.68. The molecule has 1 amide bonds. The van der Waals surface area contributed by atoms with Gasteiger partial charge >= 0.3 is 5.69 Å². The summed E-state index contributed by atoms with van der Waals surface area (Å²) in [6, 6.07) is 11.0. The van der Waals surface area contributed by atoms with Crippen molar-refractivity contribution in [1.29, 1.82) is 0 Å². The molecule has 0 radical (unpaired) electrons. The lowest BCUT2D eigenvalue weighted by atomic mass is 10.2. The summed E-state index contributed by atoms with van der Waals surface area (Å²) in [4.78, 5) is 33.7. The number of ether oxygens (including phenoxy) is 1. The zero-order valence-corrected chi connectivity index (χ0v) is 15.7. The molecule has 0 unspecified atom stereocenters. The Hall–Kier alpha value is -3.37. The average molecular weight is 396 g/mol. The smallest absolute Gasteiger partial charge is 0.352 e. The molecule has 9 nitrogen and oxygen atoms in total. The van der Waals surface area contributed by atoms with Crippen LogP contribution in [-0.2, 0) is 22.7 Å². The van der Waals surface area contributed by atoms with Gasteiger partial charge in [-0.25, -0.2) is 23.8 Å². The second-order valence-electron chi connectivity index (χ2n) is 5.89. The average Bonchev–Trinajstić information content (AvgIpc) is 3.30. The van der Waals surface area contributed by atoms with Crippen LogP contribution in [0, 0.1) is 0 Å². The SMILES string of the molecule is COCc1cc2nn(CC(=O)Nc3nccs3)c(=O)n2c(-c2ccccc2)n1. The molecule has 0 saturated heterocycles. The third-order valence-corrected chi connectivity index (χ3v) is 4.61. The van der Waals surface area contributed by atoms with Crippen molar-refractivity contribution in [2.24, 2.45) is 0 Å². The van der Waals surface area contributed by atoms with Crippen LogP contribution in [0.5, 0.6) is 0 Å². The van der Waals surface area contributed by atoms with Crippen molar-refractivity contribution in [2.45, 2.75) is 13.2 Å². The number of amides is 1. The van der Waals surface area contributed by atoms with Crippen LogP contribution in [0.4, 0.5) is 5.13 Å². The molecule has 3 heterocycles. The topological polar surface area (TPSA) is 103 Å². The van der Waals surface area contributed by atoms with Crippen LogP contribution >= 0.6 is 11.3 Å². The Morgan fingerprint density at radius 3 is 2.82 bits per heavy atom. The van der Waals surface area contributed by atoms with Crippen LogP contribution in [0.15, 0.2) is 52.8 Å². The van der Waals surface area contributed by atoms with Crippen molar-refractivity contribution in [2.75, 3.05) is 12.4 Å². The summed E-state index contributed by atoms with van der Waals surface area (Å²) in [6.45, 7) is 0.0514. The van der Waals surface area contributed by atoms with Crippen LogP contribution < -0.4 is 11.0 Å². The Labute approximate surface area is 163 Å². The molecule has 0 saturated carbocycles. The van der Waals surface area contributed by atoms with Crippen LogP contribution in [0.25, 0.3) is 17.0 Å². The summed E-state index contributed by atoms with van der Waals surface area (Å²) in [6.07, 6.45) is 1.59. The van der Waals surface area contributed by atoms with E-state index >= 15 is 0 Å². The molecule has 142 valence electrons. The lowest BCUT2D eigenvalue weighted by Gasteiger charge is -2.06. The van der Waals surface area contributed by atoms with Gasteiger partial charge in [0.05, 0.1) is 12.3 Å². The maximum atomic E-state index is 12.9. The monoisotopic (exact) mass is 396 g/mol. The second kappa shape index (κ2) is 7.71. The van der Waals surface area contributed by atoms with Gasteiger partial charge in [-0.1, -0.05) is 30.3 Å². The third kappa shape index (κ3) is 3.55. The Bertz CT molecular complexity index is 1170. The van der Waals surface area contributed by atoms with Gasteiger partial charge in [-0.2, -0.15) is 0 Å². The second-order valence-corrected chi connectivity index (χ2v) is 6.78. The van der Waals surface area contributed by atoms with Crippen molar-refractivity contribution in [3.63, 3.8) is 0 Å². The number of benzene rings is 1. The number of hydrogen-bond acceptors (Lipinski definition) is 7. The van der Waals surface area contributed by atoms with Crippen LogP contribution in [-0.4, -0.2) is 37.2 Å². The summed E-state index contributed by atoms with van der Waals surface area (Å²) >= 11 is 1.30. The van der Waals surface area contributed by atoms with Gasteiger partial charge in [0.1, 0.15) is 12.4 Å². The van der Waals surface area contributed by atoms with Crippen molar-refractivity contribution in [3.8, 4) is 11.4 Å². The fourth-order valence-corrected chi connectivity index (χ4v) is 3.32. The molecule has 1 aromatic carbocycles. The van der Waals surface area contributed by atoms with Gasteiger partial charge in [0, 0.05) is 30.3 Å². The number of carbonyl (C=O) groups excluding carboxylic acids is 1. The first-order valence-electron chi connectivity index (χ1n) is 8.39. The van der Waals surface area contributed by atoms with E-state index in [1.807, 2.05) is 30.3 Å². The zero-order chi connectivity index (χ0) is 19.5. The van der Waals surface area contributed by atoms with E-state index in [-0.39, 0.29) is 19.1 Å². The van der Waals surface area contributed by atoms with Gasteiger partial charge in [-0.15, -0.1) is 16.4 Å². The van der Waals surface area contributed by atoms with Gasteiger partial charge in [-0.3, -0.25) is 4.79 Å². The molecular weight excluding hydrogens is 380 g/mol. The first-order valence-corrected chi connectivity index (χ1v) is 9.27. The Morgan fingerprint density at radius 2 is 2.11 bits per heavy atom. The number of anilines is 1. The van der Waals surface area contributed by atoms with E-state index in [2.05, 4.69) is 20.4 Å². The number of fused-ring (bicyclic) bond motifs is 1. The Balaban J connectivity index is 1.76. The molecule has 0 bridgehead atoms. The van der Waals surface area contributed by atoms with Crippen LogP contribution in [0.2, 0.25) is 0 Å². The molecular formula is C18H16N6O3S. The van der Waals surface area contributed by atoms with Crippen molar-refractivity contribution < 1.29 is 9.53 Å². The number of thiazole rings is 1. The predicted octanol–water partition coefficient (Wildman–Crippen LogP) is 1.80. The van der Waals surface area contributed by atoms with E-state index in [1.165, 1.54) is 15.7 Å². The van der Waals surface area contributed by atoms with E-state index < -0.39 is 5.69 Å². The third-order valence-electron chi connectivity index (χ3n) is 3.92. The minimum absolute atomic E-state index is 0.228. The van der Waals surface area contributed by atoms with Crippen LogP contribution in [0.3, 0.4) is 0 Å². The standard InChI is InChI=1S/C18H16N6O3S/c1-27-11-13-9-14-22-23(10-15(25)21-17-19-7-8-28-17)18(26)24(14)16(20-13)12-5-3-2-4-6-12/h2-9H,10-11H2,1H3,(H,19,21,25). The minimum atomic E-state index is -0.445. The fourth-order valence-electron chi connectivity index (χ4n) is 2.77. The molecule has 0 aliphatic rings. The lowest BCUT2D eigenvalue weighted by molar-refractivity contribution is -0.117. The Kier molecular flexibility index (Phi) is 4.96. The number of nitrogens with zero attached hydrogens (tertiary/aromatic N) is 5. The van der Waals surface area contributed by atoms with Gasteiger partial charge in [0.2, 0.25) is 5.91 Å². The highest BCUT2D eigenvalue weighted by Crippen LogP contribution is 2.18. The fraction of sp³-hybridized carbons (Fsp3) is 0.167. The van der Waals surface area contributed by atoms with E-state index in [0.29, 0.717) is 22.3 Å². The molecule has 4 rings (SSSR count). The van der Waals surface area contributed by atoms with Gasteiger partial charge in [0.15, 0.2) is 10.8 Å². The summed E-state index contributed by atoms with van der Waals surface area (Å²) in [7, 11) is 1.57. The lowest BCUT2D eigenvalue weighted by Crippen LogP contribution is -2.28. The summed E-state index contributed by atoms with van der Waals surface area (Å²) in [5.74, 6) is 0.0634. The van der Waals surface area contributed by atoms with E-state index in [4.69, 9.17) is 4.74 Å². The quantitative estimate of drug-likeness (QED) is 0.533. The maximum Gasteiger partial charge on any atom is 0.352 e. The molecule has 10 heteroatoms. The highest BCUT2D eigenvalue weighted by molar-refractivity contribution is 7.13. The minimum Gasteiger partial charge on any atom is -0.378 e.